The van der Waals surface area contributed by atoms with Crippen LogP contribution < -0.4 is 0 Å². The lowest BCUT2D eigenvalue weighted by atomic mass is 9.86. The molecule has 1 unspecified atom stereocenters. The molecule has 1 saturated carbocycles. The smallest absolute Gasteiger partial charge is 0.381 e. The third kappa shape index (κ3) is 4.95. The van der Waals surface area contributed by atoms with Crippen molar-refractivity contribution in [3.63, 3.8) is 0 Å². The number of aromatic nitrogens is 3. The zero-order valence-corrected chi connectivity index (χ0v) is 20.3. The number of thioether (sulfide) groups is 1. The minimum absolute atomic E-state index is 0.0816. The van der Waals surface area contributed by atoms with Crippen molar-refractivity contribution in [3.05, 3.63) is 29.6 Å². The van der Waals surface area contributed by atoms with Gasteiger partial charge in [0.25, 0.3) is 0 Å². The minimum atomic E-state index is -4.48. The van der Waals surface area contributed by atoms with Crippen LogP contribution in [0.3, 0.4) is 0 Å². The molecule has 10 heteroatoms. The van der Waals surface area contributed by atoms with Gasteiger partial charge in [-0.3, -0.25) is 0 Å². The molecule has 0 amide bonds. The molecule has 0 radical (unpaired) electrons. The molecule has 2 aliphatic heterocycles. The van der Waals surface area contributed by atoms with Crippen LogP contribution in [-0.4, -0.2) is 70.6 Å². The lowest BCUT2D eigenvalue weighted by Crippen LogP contribution is -2.26. The van der Waals surface area contributed by atoms with Gasteiger partial charge in [0.2, 0.25) is 0 Å². The van der Waals surface area contributed by atoms with Gasteiger partial charge in [0.1, 0.15) is 12.0 Å². The maximum Gasteiger partial charge on any atom is 0.416 e. The molecule has 188 valence electrons. The number of hydrogen-bond acceptors (Lipinski definition) is 5. The van der Waals surface area contributed by atoms with E-state index in [1.165, 1.54) is 6.08 Å². The number of hydrogen-bond donors (Lipinski definition) is 0. The van der Waals surface area contributed by atoms with Gasteiger partial charge in [-0.2, -0.15) is 13.2 Å². The first-order valence-electron chi connectivity index (χ1n) is 12.2. The molecule has 4 atom stereocenters. The molecule has 2 saturated heterocycles. The predicted molar refractivity (Wildman–Crippen MR) is 122 cm³/mol. The van der Waals surface area contributed by atoms with Gasteiger partial charge >= 0.3 is 6.18 Å². The molecular formula is C24H32F4N4OS. The van der Waals surface area contributed by atoms with Crippen LogP contribution in [0.15, 0.2) is 29.0 Å². The molecule has 0 bridgehead atoms. The fourth-order valence-electron chi connectivity index (χ4n) is 5.99. The zero-order chi connectivity index (χ0) is 23.9. The van der Waals surface area contributed by atoms with E-state index in [-0.39, 0.29) is 11.3 Å². The van der Waals surface area contributed by atoms with E-state index in [0.717, 1.165) is 93.8 Å². The Labute approximate surface area is 202 Å². The van der Waals surface area contributed by atoms with Crippen LogP contribution in [0.25, 0.3) is 0 Å². The van der Waals surface area contributed by atoms with Gasteiger partial charge in [-0.25, -0.2) is 4.39 Å². The third-order valence-corrected chi connectivity index (χ3v) is 9.13. The summed E-state index contributed by atoms with van der Waals surface area (Å²) in [5, 5.41) is 9.76. The number of likely N-dealkylation sites (tertiary alicyclic amines) is 1. The molecule has 34 heavy (non-hydrogen) atoms. The maximum absolute atomic E-state index is 14.6. The van der Waals surface area contributed by atoms with Crippen LogP contribution in [-0.2, 0) is 11.8 Å². The monoisotopic (exact) mass is 500 g/mol. The predicted octanol–water partition coefficient (Wildman–Crippen LogP) is 4.92. The number of rotatable bonds is 7. The Bertz CT molecular complexity index is 942. The van der Waals surface area contributed by atoms with Crippen molar-refractivity contribution < 1.29 is 22.3 Å². The fraction of sp³-hybridized carbons (Fsp3) is 0.750. The molecular weight excluding hydrogens is 468 g/mol. The van der Waals surface area contributed by atoms with E-state index in [1.54, 1.807) is 11.8 Å². The molecule has 1 aromatic rings. The first kappa shape index (κ1) is 24.3. The SMILES string of the molecule is Cn1c(SCCCN2CC[C@@]3(C[C@@H]3C3C=CC(C(F)(F)F)=C[C@H]3F)C2)nnc1C1CCOCC1. The molecule has 3 fully saturated rings. The van der Waals surface area contributed by atoms with Crippen molar-refractivity contribution >= 4 is 11.8 Å². The number of alkyl halides is 4. The van der Waals surface area contributed by atoms with Crippen molar-refractivity contribution in [2.45, 2.75) is 55.5 Å². The summed E-state index contributed by atoms with van der Waals surface area (Å²) in [6.07, 6.45) is 2.20. The first-order chi connectivity index (χ1) is 16.3. The van der Waals surface area contributed by atoms with Crippen molar-refractivity contribution in [2.75, 3.05) is 38.6 Å². The van der Waals surface area contributed by atoms with Gasteiger partial charge in [-0.05, 0) is 62.6 Å². The van der Waals surface area contributed by atoms with E-state index in [4.69, 9.17) is 4.74 Å². The quantitative estimate of drug-likeness (QED) is 0.302. The van der Waals surface area contributed by atoms with Crippen LogP contribution >= 0.6 is 11.8 Å². The van der Waals surface area contributed by atoms with E-state index in [0.29, 0.717) is 5.92 Å². The summed E-state index contributed by atoms with van der Waals surface area (Å²) in [7, 11) is 2.04. The molecule has 1 spiro atoms. The Kier molecular flexibility index (Phi) is 6.85. The molecule has 1 aromatic heterocycles. The second kappa shape index (κ2) is 9.58. The number of halogens is 4. The van der Waals surface area contributed by atoms with Crippen molar-refractivity contribution in [1.29, 1.82) is 0 Å². The van der Waals surface area contributed by atoms with E-state index in [1.807, 2.05) is 7.05 Å². The lowest BCUT2D eigenvalue weighted by molar-refractivity contribution is -0.0893. The minimum Gasteiger partial charge on any atom is -0.381 e. The molecule has 5 rings (SSSR count). The summed E-state index contributed by atoms with van der Waals surface area (Å²) >= 11 is 1.73. The summed E-state index contributed by atoms with van der Waals surface area (Å²) in [5.74, 6) is 2.14. The second-order valence-electron chi connectivity index (χ2n) is 10.2. The molecule has 0 aromatic carbocycles. The average Bonchev–Trinajstić information content (AvgIpc) is 3.14. The average molecular weight is 501 g/mol. The van der Waals surface area contributed by atoms with Crippen LogP contribution in [0.4, 0.5) is 17.6 Å². The van der Waals surface area contributed by atoms with E-state index >= 15 is 0 Å². The van der Waals surface area contributed by atoms with E-state index in [2.05, 4.69) is 19.7 Å². The van der Waals surface area contributed by atoms with Gasteiger partial charge < -0.3 is 14.2 Å². The highest BCUT2D eigenvalue weighted by atomic mass is 32.2. The molecule has 3 heterocycles. The van der Waals surface area contributed by atoms with Gasteiger partial charge in [-0.15, -0.1) is 10.2 Å². The van der Waals surface area contributed by atoms with Gasteiger partial charge in [0, 0.05) is 44.4 Å². The number of allylic oxidation sites excluding steroid dienone is 4. The van der Waals surface area contributed by atoms with Gasteiger partial charge in [0.05, 0.1) is 5.57 Å². The van der Waals surface area contributed by atoms with Gasteiger partial charge in [-0.1, -0.05) is 23.9 Å². The second-order valence-corrected chi connectivity index (χ2v) is 11.3. The van der Waals surface area contributed by atoms with Crippen LogP contribution in [0.5, 0.6) is 0 Å². The van der Waals surface area contributed by atoms with Crippen LogP contribution in [0.1, 0.15) is 43.8 Å². The standard InChI is InChI=1S/C24H32F4N4OS/c1-31-21(16-5-10-33-11-6-16)29-30-22(31)34-12-2-8-32-9-7-23(15-32)14-19(23)18-4-3-17(13-20(18)25)24(26,27)28/h3-4,13,16,18-20H,2,5-12,14-15H2,1H3/t18?,19-,20-,23-/m1/s1. The zero-order valence-electron chi connectivity index (χ0n) is 19.4. The Hall–Kier alpha value is -1.39. The van der Waals surface area contributed by atoms with Crippen molar-refractivity contribution in [1.82, 2.24) is 19.7 Å². The third-order valence-electron chi connectivity index (χ3n) is 8.02. The topological polar surface area (TPSA) is 43.2 Å². The highest BCUT2D eigenvalue weighted by Crippen LogP contribution is 2.63. The summed E-state index contributed by atoms with van der Waals surface area (Å²) in [4.78, 5) is 2.43. The Morgan fingerprint density at radius 1 is 1.24 bits per heavy atom. The maximum atomic E-state index is 14.6. The van der Waals surface area contributed by atoms with Crippen molar-refractivity contribution in [3.8, 4) is 0 Å². The van der Waals surface area contributed by atoms with Crippen molar-refractivity contribution in [2.24, 2.45) is 24.3 Å². The summed E-state index contributed by atoms with van der Waals surface area (Å²) in [5.41, 5.74) is -0.780. The molecule has 0 N–H and O–H groups in total. The highest BCUT2D eigenvalue weighted by Gasteiger charge is 2.60. The number of nitrogens with zero attached hydrogens (tertiary/aromatic N) is 4. The normalized spacial score (nSPS) is 32.5. The number of ether oxygens (including phenoxy) is 1. The molecule has 4 aliphatic rings. The summed E-state index contributed by atoms with van der Waals surface area (Å²) in [6.45, 7) is 4.45. The van der Waals surface area contributed by atoms with Crippen LogP contribution in [0.2, 0.25) is 0 Å². The van der Waals surface area contributed by atoms with Gasteiger partial charge in [0.15, 0.2) is 5.16 Å². The molecule has 5 nitrogen and oxygen atoms in total. The van der Waals surface area contributed by atoms with E-state index in [9.17, 15) is 17.6 Å². The first-order valence-corrected chi connectivity index (χ1v) is 13.2. The molecule has 2 aliphatic carbocycles. The largest absolute Gasteiger partial charge is 0.416 e. The lowest BCUT2D eigenvalue weighted by Gasteiger charge is -2.23. The fourth-order valence-corrected chi connectivity index (χ4v) is 6.83. The Balaban J connectivity index is 1.06. The Morgan fingerprint density at radius 3 is 2.76 bits per heavy atom. The highest BCUT2D eigenvalue weighted by molar-refractivity contribution is 7.99. The van der Waals surface area contributed by atoms with Crippen LogP contribution in [0, 0.1) is 17.3 Å². The van der Waals surface area contributed by atoms with E-state index < -0.39 is 23.8 Å². The summed E-state index contributed by atoms with van der Waals surface area (Å²) in [6, 6.07) is 0. The Morgan fingerprint density at radius 2 is 2.03 bits per heavy atom. The summed E-state index contributed by atoms with van der Waals surface area (Å²) < 4.78 is 60.7.